The molecule has 5 nitrogen and oxygen atoms in total. The van der Waals surface area contributed by atoms with Gasteiger partial charge < -0.3 is 20.1 Å². The summed E-state index contributed by atoms with van der Waals surface area (Å²) in [6, 6.07) is 14.4. The summed E-state index contributed by atoms with van der Waals surface area (Å²) in [5.74, 6) is 0.889. The molecule has 0 heterocycles. The Hall–Kier alpha value is -2.60. The molecule has 146 valence electrons. The van der Waals surface area contributed by atoms with Gasteiger partial charge in [0.05, 0.1) is 13.2 Å². The first-order valence-electron chi connectivity index (χ1n) is 9.13. The van der Waals surface area contributed by atoms with Crippen LogP contribution in [0.4, 0.5) is 4.39 Å². The van der Waals surface area contributed by atoms with Gasteiger partial charge in [-0.15, -0.1) is 0 Å². The van der Waals surface area contributed by atoms with Crippen molar-refractivity contribution in [2.75, 3.05) is 20.2 Å². The topological polar surface area (TPSA) is 54.9 Å². The van der Waals surface area contributed by atoms with E-state index >= 15 is 0 Å². The fourth-order valence-corrected chi connectivity index (χ4v) is 2.43. The van der Waals surface area contributed by atoms with E-state index in [9.17, 15) is 4.39 Å². The quantitative estimate of drug-likeness (QED) is 0.522. The lowest BCUT2D eigenvalue weighted by Gasteiger charge is -2.18. The number of aliphatic imine (C=N–C) groups is 1. The van der Waals surface area contributed by atoms with Crippen LogP contribution in [-0.4, -0.2) is 32.3 Å². The Bertz CT molecular complexity index is 720. The highest BCUT2D eigenvalue weighted by Crippen LogP contribution is 2.13. The normalized spacial score (nSPS) is 12.5. The van der Waals surface area contributed by atoms with Gasteiger partial charge in [-0.1, -0.05) is 30.3 Å². The molecule has 0 aliphatic rings. The fourth-order valence-electron chi connectivity index (χ4n) is 2.43. The van der Waals surface area contributed by atoms with E-state index in [1.807, 2.05) is 13.8 Å². The average molecular weight is 373 g/mol. The van der Waals surface area contributed by atoms with Gasteiger partial charge in [0.15, 0.2) is 5.96 Å². The third-order valence-corrected chi connectivity index (χ3v) is 3.87. The molecule has 1 unspecified atom stereocenters. The lowest BCUT2D eigenvalue weighted by Crippen LogP contribution is -2.41. The van der Waals surface area contributed by atoms with E-state index in [0.29, 0.717) is 38.0 Å². The number of benzene rings is 2. The molecule has 0 spiro atoms. The van der Waals surface area contributed by atoms with Gasteiger partial charge in [0.1, 0.15) is 17.7 Å². The molecule has 0 aliphatic heterocycles. The maximum Gasteiger partial charge on any atom is 0.191 e. The van der Waals surface area contributed by atoms with Crippen LogP contribution in [0.3, 0.4) is 0 Å². The molecule has 0 saturated heterocycles. The molecule has 2 rings (SSSR count). The third-order valence-electron chi connectivity index (χ3n) is 3.87. The van der Waals surface area contributed by atoms with Crippen LogP contribution in [0.1, 0.15) is 25.0 Å². The van der Waals surface area contributed by atoms with Crippen molar-refractivity contribution in [3.63, 3.8) is 0 Å². The van der Waals surface area contributed by atoms with Crippen LogP contribution >= 0.6 is 0 Å². The number of rotatable bonds is 9. The van der Waals surface area contributed by atoms with Gasteiger partial charge in [0, 0.05) is 26.3 Å². The minimum atomic E-state index is -0.308. The lowest BCUT2D eigenvalue weighted by molar-refractivity contribution is 0.134. The molecule has 0 saturated carbocycles. The van der Waals surface area contributed by atoms with Gasteiger partial charge in [0.2, 0.25) is 0 Å². The van der Waals surface area contributed by atoms with Crippen LogP contribution in [0.5, 0.6) is 5.75 Å². The third kappa shape index (κ3) is 7.66. The maximum atomic E-state index is 13.2. The molecule has 0 amide bonds. The number of ether oxygens (including phenoxy) is 2. The first-order valence-corrected chi connectivity index (χ1v) is 9.13. The zero-order valence-electron chi connectivity index (χ0n) is 16.2. The molecule has 2 aromatic carbocycles. The SMILES string of the molecule is CCOCc1ccc(CNC(=NC)NCC(C)Oc2cccc(F)c2)cc1. The Morgan fingerprint density at radius 2 is 1.85 bits per heavy atom. The Kier molecular flexibility index (Phi) is 8.58. The van der Waals surface area contributed by atoms with Gasteiger partial charge in [-0.05, 0) is 37.1 Å². The second-order valence-electron chi connectivity index (χ2n) is 6.15. The standard InChI is InChI=1S/C21H28FN3O2/c1-4-26-15-18-10-8-17(9-11-18)14-25-21(23-3)24-13-16(2)27-20-7-5-6-19(22)12-20/h5-12,16H,4,13-15H2,1-3H3,(H2,23,24,25). The van der Waals surface area contributed by atoms with Crippen LogP contribution in [0.15, 0.2) is 53.5 Å². The number of halogens is 1. The molecular weight excluding hydrogens is 345 g/mol. The summed E-state index contributed by atoms with van der Waals surface area (Å²) in [5, 5.41) is 6.48. The van der Waals surface area contributed by atoms with E-state index < -0.39 is 0 Å². The lowest BCUT2D eigenvalue weighted by atomic mass is 10.1. The number of nitrogens with one attached hydrogen (secondary N) is 2. The minimum absolute atomic E-state index is 0.136. The molecule has 0 aliphatic carbocycles. The van der Waals surface area contributed by atoms with E-state index in [1.165, 1.54) is 12.1 Å². The Balaban J connectivity index is 1.75. The van der Waals surface area contributed by atoms with Crippen molar-refractivity contribution in [1.29, 1.82) is 0 Å². The molecule has 0 bridgehead atoms. The first-order chi connectivity index (χ1) is 13.1. The summed E-state index contributed by atoms with van der Waals surface area (Å²) in [6.45, 7) is 6.46. The number of guanidine groups is 1. The highest BCUT2D eigenvalue weighted by atomic mass is 19.1. The van der Waals surface area contributed by atoms with Crippen molar-refractivity contribution in [2.45, 2.75) is 33.1 Å². The molecule has 6 heteroatoms. The van der Waals surface area contributed by atoms with E-state index in [2.05, 4.69) is 39.9 Å². The molecule has 2 aromatic rings. The van der Waals surface area contributed by atoms with Gasteiger partial charge in [0.25, 0.3) is 0 Å². The Morgan fingerprint density at radius 3 is 2.52 bits per heavy atom. The van der Waals surface area contributed by atoms with Gasteiger partial charge in [-0.25, -0.2) is 4.39 Å². The average Bonchev–Trinajstić information content (AvgIpc) is 2.67. The predicted octanol–water partition coefficient (Wildman–Crippen LogP) is 3.49. The van der Waals surface area contributed by atoms with Gasteiger partial charge >= 0.3 is 0 Å². The number of hydrogen-bond acceptors (Lipinski definition) is 3. The molecule has 27 heavy (non-hydrogen) atoms. The molecule has 2 N–H and O–H groups in total. The zero-order chi connectivity index (χ0) is 19.5. The molecule has 0 aromatic heterocycles. The van der Waals surface area contributed by atoms with Crippen molar-refractivity contribution >= 4 is 5.96 Å². The Labute approximate surface area is 160 Å². The van der Waals surface area contributed by atoms with E-state index in [0.717, 1.165) is 11.1 Å². The van der Waals surface area contributed by atoms with Crippen molar-refractivity contribution in [2.24, 2.45) is 4.99 Å². The second kappa shape index (κ2) is 11.2. The smallest absolute Gasteiger partial charge is 0.191 e. The monoisotopic (exact) mass is 373 g/mol. The van der Waals surface area contributed by atoms with Crippen LogP contribution in [0.25, 0.3) is 0 Å². The first kappa shape index (κ1) is 20.7. The van der Waals surface area contributed by atoms with Crippen LogP contribution < -0.4 is 15.4 Å². The van der Waals surface area contributed by atoms with Crippen molar-refractivity contribution in [3.05, 3.63) is 65.5 Å². The second-order valence-corrected chi connectivity index (χ2v) is 6.15. The van der Waals surface area contributed by atoms with E-state index in [4.69, 9.17) is 9.47 Å². The summed E-state index contributed by atoms with van der Waals surface area (Å²) in [6.07, 6.45) is -0.136. The van der Waals surface area contributed by atoms with Crippen LogP contribution in [0.2, 0.25) is 0 Å². The van der Waals surface area contributed by atoms with Crippen LogP contribution in [-0.2, 0) is 17.9 Å². The van der Waals surface area contributed by atoms with Crippen molar-refractivity contribution in [1.82, 2.24) is 10.6 Å². The van der Waals surface area contributed by atoms with Crippen molar-refractivity contribution < 1.29 is 13.9 Å². The number of nitrogens with zero attached hydrogens (tertiary/aromatic N) is 1. The van der Waals surface area contributed by atoms with Gasteiger partial charge in [-0.2, -0.15) is 0 Å². The molecule has 0 radical (unpaired) electrons. The van der Waals surface area contributed by atoms with E-state index in [-0.39, 0.29) is 11.9 Å². The molecular formula is C21H28FN3O2. The summed E-state index contributed by atoms with van der Waals surface area (Å²) < 4.78 is 24.3. The largest absolute Gasteiger partial charge is 0.489 e. The van der Waals surface area contributed by atoms with Crippen molar-refractivity contribution in [3.8, 4) is 5.75 Å². The zero-order valence-corrected chi connectivity index (χ0v) is 16.2. The van der Waals surface area contributed by atoms with Crippen LogP contribution in [0, 0.1) is 5.82 Å². The highest BCUT2D eigenvalue weighted by molar-refractivity contribution is 5.79. The Morgan fingerprint density at radius 1 is 1.11 bits per heavy atom. The number of hydrogen-bond donors (Lipinski definition) is 2. The maximum absolute atomic E-state index is 13.2. The summed E-state index contributed by atoms with van der Waals surface area (Å²) in [7, 11) is 1.72. The summed E-state index contributed by atoms with van der Waals surface area (Å²) >= 11 is 0. The van der Waals surface area contributed by atoms with E-state index in [1.54, 1.807) is 19.2 Å². The predicted molar refractivity (Wildman–Crippen MR) is 106 cm³/mol. The fraction of sp³-hybridized carbons (Fsp3) is 0.381. The molecule has 1 atom stereocenters. The summed E-state index contributed by atoms with van der Waals surface area (Å²) in [4.78, 5) is 4.21. The van der Waals surface area contributed by atoms with Gasteiger partial charge in [-0.3, -0.25) is 4.99 Å². The molecule has 0 fully saturated rings. The summed E-state index contributed by atoms with van der Waals surface area (Å²) in [5.41, 5.74) is 2.31. The highest BCUT2D eigenvalue weighted by Gasteiger charge is 2.06. The minimum Gasteiger partial charge on any atom is -0.489 e.